The molecule has 0 spiro atoms. The molecule has 2 amide bonds. The zero-order valence-corrected chi connectivity index (χ0v) is 16.6. The standard InChI is InChI=1S/C20H28N2O3S/c1-4-14(3)26-16-7-8-17(13(2)10-16)21-19(25)22-11-15-6-5-9-20(15,12-22)18(23)24/h7-8,10,14-15H,4-6,9,11-12H2,1-3H3,(H,21,25)(H,23,24)/t14?,15-,20+/m0/s1. The summed E-state index contributed by atoms with van der Waals surface area (Å²) in [5.74, 6) is -0.668. The number of carbonyl (C=O) groups excluding carboxylic acids is 1. The Morgan fingerprint density at radius 1 is 1.46 bits per heavy atom. The van der Waals surface area contributed by atoms with Gasteiger partial charge in [-0.15, -0.1) is 11.8 Å². The minimum Gasteiger partial charge on any atom is -0.481 e. The molecule has 1 aromatic rings. The number of carboxylic acids is 1. The number of carbonyl (C=O) groups is 2. The van der Waals surface area contributed by atoms with Gasteiger partial charge < -0.3 is 15.3 Å². The third kappa shape index (κ3) is 3.56. The number of aryl methyl sites for hydroxylation is 1. The second-order valence-corrected chi connectivity index (χ2v) is 9.19. The number of nitrogens with zero attached hydrogens (tertiary/aromatic N) is 1. The first-order chi connectivity index (χ1) is 12.4. The van der Waals surface area contributed by atoms with Gasteiger partial charge in [0.2, 0.25) is 0 Å². The zero-order chi connectivity index (χ0) is 18.9. The van der Waals surface area contributed by atoms with Gasteiger partial charge in [-0.05, 0) is 55.9 Å². The molecule has 0 radical (unpaired) electrons. The van der Waals surface area contributed by atoms with Crippen LogP contribution in [0.2, 0.25) is 0 Å². The van der Waals surface area contributed by atoms with E-state index in [2.05, 4.69) is 25.2 Å². The fourth-order valence-electron chi connectivity index (χ4n) is 4.15. The van der Waals surface area contributed by atoms with Crippen molar-refractivity contribution >= 4 is 29.4 Å². The number of benzene rings is 1. The predicted octanol–water partition coefficient (Wildman–Crippen LogP) is 4.60. The SMILES string of the molecule is CCC(C)Sc1ccc(NC(=O)N2C[C@@H]3CCC[C@@]3(C(=O)O)C2)c(C)c1. The second kappa shape index (κ2) is 7.51. The molecule has 1 unspecified atom stereocenters. The van der Waals surface area contributed by atoms with Crippen LogP contribution in [0.1, 0.15) is 45.1 Å². The van der Waals surface area contributed by atoms with Gasteiger partial charge in [0.15, 0.2) is 0 Å². The van der Waals surface area contributed by atoms with Crippen molar-refractivity contribution in [2.24, 2.45) is 11.3 Å². The lowest BCUT2D eigenvalue weighted by Crippen LogP contribution is -2.38. The Balaban J connectivity index is 1.66. The number of rotatable bonds is 5. The van der Waals surface area contributed by atoms with Crippen molar-refractivity contribution in [1.29, 1.82) is 0 Å². The minimum absolute atomic E-state index is 0.0844. The number of amides is 2. The van der Waals surface area contributed by atoms with E-state index >= 15 is 0 Å². The summed E-state index contributed by atoms with van der Waals surface area (Å²) in [4.78, 5) is 27.3. The first-order valence-corrected chi connectivity index (χ1v) is 10.3. The number of hydrogen-bond donors (Lipinski definition) is 2. The van der Waals surface area contributed by atoms with Crippen molar-refractivity contribution < 1.29 is 14.7 Å². The largest absolute Gasteiger partial charge is 0.481 e. The molecule has 26 heavy (non-hydrogen) atoms. The van der Waals surface area contributed by atoms with E-state index in [4.69, 9.17) is 0 Å². The molecule has 1 saturated carbocycles. The van der Waals surface area contributed by atoms with Crippen LogP contribution in [-0.4, -0.2) is 40.3 Å². The topological polar surface area (TPSA) is 69.6 Å². The summed E-state index contributed by atoms with van der Waals surface area (Å²) in [5, 5.41) is 13.2. The van der Waals surface area contributed by atoms with E-state index in [-0.39, 0.29) is 11.9 Å². The number of hydrogen-bond acceptors (Lipinski definition) is 3. The molecule has 1 heterocycles. The number of aliphatic carboxylic acids is 1. The molecule has 0 aromatic heterocycles. The van der Waals surface area contributed by atoms with E-state index in [1.54, 1.807) is 4.90 Å². The van der Waals surface area contributed by atoms with E-state index in [9.17, 15) is 14.7 Å². The van der Waals surface area contributed by atoms with Gasteiger partial charge in [0.05, 0.1) is 5.41 Å². The third-order valence-electron chi connectivity index (χ3n) is 5.94. The molecule has 5 nitrogen and oxygen atoms in total. The van der Waals surface area contributed by atoms with Crippen LogP contribution in [0.5, 0.6) is 0 Å². The molecule has 3 rings (SSSR count). The summed E-state index contributed by atoms with van der Waals surface area (Å²) in [5.41, 5.74) is 1.09. The summed E-state index contributed by atoms with van der Waals surface area (Å²) in [6.45, 7) is 7.24. The highest BCUT2D eigenvalue weighted by Crippen LogP contribution is 2.49. The van der Waals surface area contributed by atoms with Crippen LogP contribution < -0.4 is 5.32 Å². The minimum atomic E-state index is -0.752. The lowest BCUT2D eigenvalue weighted by molar-refractivity contribution is -0.149. The van der Waals surface area contributed by atoms with Gasteiger partial charge in [0, 0.05) is 28.9 Å². The Bertz CT molecular complexity index is 708. The molecule has 1 aliphatic heterocycles. The lowest BCUT2D eigenvalue weighted by atomic mass is 9.81. The molecule has 1 aromatic carbocycles. The fraction of sp³-hybridized carbons (Fsp3) is 0.600. The van der Waals surface area contributed by atoms with E-state index in [0.29, 0.717) is 24.8 Å². The first-order valence-electron chi connectivity index (χ1n) is 9.42. The molecule has 3 atom stereocenters. The molecule has 142 valence electrons. The lowest BCUT2D eigenvalue weighted by Gasteiger charge is -2.23. The van der Waals surface area contributed by atoms with Crippen molar-refractivity contribution in [3.63, 3.8) is 0 Å². The molecule has 2 aliphatic rings. The predicted molar refractivity (Wildman–Crippen MR) is 105 cm³/mol. The Hall–Kier alpha value is -1.69. The molecule has 0 bridgehead atoms. The van der Waals surface area contributed by atoms with Gasteiger partial charge in [-0.1, -0.05) is 20.3 Å². The van der Waals surface area contributed by atoms with Crippen LogP contribution in [0.4, 0.5) is 10.5 Å². The quantitative estimate of drug-likeness (QED) is 0.737. The number of nitrogens with one attached hydrogen (secondary N) is 1. The normalized spacial score (nSPS) is 25.8. The molecular weight excluding hydrogens is 348 g/mol. The summed E-state index contributed by atoms with van der Waals surface area (Å²) in [7, 11) is 0. The van der Waals surface area contributed by atoms with Crippen molar-refractivity contribution in [2.45, 2.75) is 56.6 Å². The molecule has 1 saturated heterocycles. The van der Waals surface area contributed by atoms with Gasteiger partial charge in [0.25, 0.3) is 0 Å². The Morgan fingerprint density at radius 3 is 2.85 bits per heavy atom. The summed E-state index contributed by atoms with van der Waals surface area (Å²) >= 11 is 1.84. The van der Waals surface area contributed by atoms with Gasteiger partial charge in [-0.25, -0.2) is 4.79 Å². The smallest absolute Gasteiger partial charge is 0.321 e. The second-order valence-electron chi connectivity index (χ2n) is 7.67. The van der Waals surface area contributed by atoms with E-state index < -0.39 is 11.4 Å². The first kappa shape index (κ1) is 19.1. The summed E-state index contributed by atoms with van der Waals surface area (Å²) in [6.07, 6.45) is 3.64. The summed E-state index contributed by atoms with van der Waals surface area (Å²) < 4.78 is 0. The zero-order valence-electron chi connectivity index (χ0n) is 15.7. The van der Waals surface area contributed by atoms with Crippen LogP contribution in [0, 0.1) is 18.3 Å². The maximum absolute atomic E-state index is 12.7. The maximum atomic E-state index is 12.7. The maximum Gasteiger partial charge on any atom is 0.321 e. The third-order valence-corrected chi connectivity index (χ3v) is 7.20. The number of urea groups is 1. The highest BCUT2D eigenvalue weighted by molar-refractivity contribution is 7.99. The molecule has 2 fully saturated rings. The van der Waals surface area contributed by atoms with Crippen LogP contribution in [0.25, 0.3) is 0 Å². The Kier molecular flexibility index (Phi) is 5.51. The van der Waals surface area contributed by atoms with Gasteiger partial charge in [-0.3, -0.25) is 4.79 Å². The van der Waals surface area contributed by atoms with Crippen LogP contribution >= 0.6 is 11.8 Å². The van der Waals surface area contributed by atoms with E-state index in [1.165, 1.54) is 4.90 Å². The molecule has 6 heteroatoms. The molecular formula is C20H28N2O3S. The average molecular weight is 377 g/mol. The number of anilines is 1. The van der Waals surface area contributed by atoms with Crippen molar-refractivity contribution in [3.8, 4) is 0 Å². The van der Waals surface area contributed by atoms with Gasteiger partial charge in [0.1, 0.15) is 0 Å². The highest BCUT2D eigenvalue weighted by atomic mass is 32.2. The Morgan fingerprint density at radius 2 is 2.23 bits per heavy atom. The van der Waals surface area contributed by atoms with Crippen molar-refractivity contribution in [2.75, 3.05) is 18.4 Å². The summed E-state index contributed by atoms with van der Waals surface area (Å²) in [6, 6.07) is 5.90. The van der Waals surface area contributed by atoms with Crippen molar-refractivity contribution in [3.05, 3.63) is 23.8 Å². The number of carboxylic acid groups (broad SMARTS) is 1. The van der Waals surface area contributed by atoms with Crippen LogP contribution in [0.3, 0.4) is 0 Å². The van der Waals surface area contributed by atoms with Gasteiger partial charge >= 0.3 is 12.0 Å². The van der Waals surface area contributed by atoms with E-state index in [0.717, 1.165) is 30.5 Å². The molecule has 2 N–H and O–H groups in total. The highest BCUT2D eigenvalue weighted by Gasteiger charge is 2.55. The van der Waals surface area contributed by atoms with Gasteiger partial charge in [-0.2, -0.15) is 0 Å². The van der Waals surface area contributed by atoms with E-state index in [1.807, 2.05) is 30.8 Å². The molecule has 1 aliphatic carbocycles. The monoisotopic (exact) mass is 376 g/mol. The number of likely N-dealkylation sites (tertiary alicyclic amines) is 1. The fourth-order valence-corrected chi connectivity index (χ4v) is 5.18. The number of fused-ring (bicyclic) bond motifs is 1. The van der Waals surface area contributed by atoms with Crippen LogP contribution in [0.15, 0.2) is 23.1 Å². The number of thioether (sulfide) groups is 1. The average Bonchev–Trinajstić information content (AvgIpc) is 3.15. The Labute approximate surface area is 159 Å². The van der Waals surface area contributed by atoms with Crippen molar-refractivity contribution in [1.82, 2.24) is 4.90 Å². The van der Waals surface area contributed by atoms with Crippen LogP contribution in [-0.2, 0) is 4.79 Å².